The van der Waals surface area contributed by atoms with Gasteiger partial charge in [0.1, 0.15) is 26.3 Å². The standard InChI is InChI=1S/C32H54N2O4/c1-33(2,31-17-23-11-24(18-31)13-25(12-23)19-31)7-9-37-29(35)5-6-30(36)38-10-8-34(3,4)32-20-26-14-27(21-32)16-28(15-26)22-32/h23-28H,5-22H2,1-4H3/q+2. The monoisotopic (exact) mass is 530 g/mol. The lowest BCUT2D eigenvalue weighted by molar-refractivity contribution is -0.948. The van der Waals surface area contributed by atoms with Gasteiger partial charge in [0.25, 0.3) is 0 Å². The normalized spacial score (nSPS) is 40.9. The van der Waals surface area contributed by atoms with E-state index in [1.165, 1.54) is 77.0 Å². The highest BCUT2D eigenvalue weighted by atomic mass is 16.5. The van der Waals surface area contributed by atoms with Gasteiger partial charge in [-0.1, -0.05) is 0 Å². The molecule has 8 aliphatic rings. The lowest BCUT2D eigenvalue weighted by Gasteiger charge is -2.62. The minimum atomic E-state index is -0.267. The Balaban J connectivity index is 0.895. The number of nitrogens with zero attached hydrogens (tertiary/aromatic N) is 2. The highest BCUT2D eigenvalue weighted by Crippen LogP contribution is 2.60. The molecule has 8 aliphatic carbocycles. The molecule has 8 saturated carbocycles. The van der Waals surface area contributed by atoms with Crippen LogP contribution in [0.15, 0.2) is 0 Å². The van der Waals surface area contributed by atoms with Gasteiger partial charge in [0, 0.05) is 38.5 Å². The van der Waals surface area contributed by atoms with Crippen molar-refractivity contribution in [2.24, 2.45) is 35.5 Å². The summed E-state index contributed by atoms with van der Waals surface area (Å²) in [5, 5.41) is 0. The van der Waals surface area contributed by atoms with Crippen molar-refractivity contribution in [3.05, 3.63) is 0 Å². The number of carbonyl (C=O) groups is 2. The minimum Gasteiger partial charge on any atom is -0.460 e. The molecule has 8 rings (SSSR count). The van der Waals surface area contributed by atoms with Crippen molar-refractivity contribution in [1.82, 2.24) is 0 Å². The zero-order chi connectivity index (χ0) is 26.8. The topological polar surface area (TPSA) is 52.6 Å². The van der Waals surface area contributed by atoms with Gasteiger partial charge in [-0.2, -0.15) is 0 Å². The zero-order valence-electron chi connectivity index (χ0n) is 24.7. The van der Waals surface area contributed by atoms with Crippen molar-refractivity contribution in [3.63, 3.8) is 0 Å². The highest BCUT2D eigenvalue weighted by Gasteiger charge is 2.59. The Labute approximate surface area is 231 Å². The van der Waals surface area contributed by atoms with Crippen LogP contribution in [0.5, 0.6) is 0 Å². The molecule has 0 aliphatic heterocycles. The van der Waals surface area contributed by atoms with E-state index in [0.717, 1.165) is 57.6 Å². The first-order chi connectivity index (χ1) is 18.0. The first-order valence-electron chi connectivity index (χ1n) is 15.9. The molecular formula is C32H54N2O4+2. The number of carbonyl (C=O) groups excluding carboxylic acids is 2. The molecule has 214 valence electrons. The molecule has 0 radical (unpaired) electrons. The fourth-order valence-corrected chi connectivity index (χ4v) is 11.2. The van der Waals surface area contributed by atoms with Crippen LogP contribution in [0.3, 0.4) is 0 Å². The number of quaternary nitrogens is 2. The van der Waals surface area contributed by atoms with Crippen molar-refractivity contribution >= 4 is 11.9 Å². The van der Waals surface area contributed by atoms with Gasteiger partial charge in [0.2, 0.25) is 0 Å². The molecule has 6 heteroatoms. The first-order valence-corrected chi connectivity index (χ1v) is 15.9. The Morgan fingerprint density at radius 1 is 0.553 bits per heavy atom. The number of likely N-dealkylation sites (N-methyl/N-ethyl adjacent to an activating group) is 2. The molecule has 0 aromatic rings. The number of ether oxygens (including phenoxy) is 2. The summed E-state index contributed by atoms with van der Waals surface area (Å²) in [6.07, 6.45) is 17.0. The molecule has 0 heterocycles. The zero-order valence-corrected chi connectivity index (χ0v) is 24.7. The van der Waals surface area contributed by atoms with E-state index in [4.69, 9.17) is 9.47 Å². The maximum absolute atomic E-state index is 12.4. The SMILES string of the molecule is C[N+](C)(CCOC(=O)CCC(=O)OCC[N+](C)(C)C12CC3CC(CC(C3)C1)C2)C12CC3CC(CC(C3)C1)C2. The molecule has 0 atom stereocenters. The lowest BCUT2D eigenvalue weighted by Crippen LogP contribution is -2.67. The van der Waals surface area contributed by atoms with Crippen LogP contribution in [0.4, 0.5) is 0 Å². The van der Waals surface area contributed by atoms with Gasteiger partial charge in [0.15, 0.2) is 0 Å². The van der Waals surface area contributed by atoms with Crippen LogP contribution < -0.4 is 0 Å². The van der Waals surface area contributed by atoms with Crippen molar-refractivity contribution < 1.29 is 28.0 Å². The third kappa shape index (κ3) is 4.95. The second-order valence-corrected chi connectivity index (χ2v) is 16.0. The Kier molecular flexibility index (Phi) is 6.94. The second kappa shape index (κ2) is 9.75. The van der Waals surface area contributed by atoms with Gasteiger partial charge in [-0.3, -0.25) is 9.59 Å². The van der Waals surface area contributed by atoms with E-state index in [1.807, 2.05) is 0 Å². The molecule has 0 aromatic heterocycles. The number of esters is 2. The third-order valence-corrected chi connectivity index (χ3v) is 12.9. The van der Waals surface area contributed by atoms with E-state index in [0.29, 0.717) is 24.3 Å². The van der Waals surface area contributed by atoms with Crippen LogP contribution in [0.2, 0.25) is 0 Å². The maximum atomic E-state index is 12.4. The van der Waals surface area contributed by atoms with Gasteiger partial charge in [-0.05, 0) is 74.0 Å². The van der Waals surface area contributed by atoms with Gasteiger partial charge in [0.05, 0.1) is 52.1 Å². The maximum Gasteiger partial charge on any atom is 0.306 e. The molecule has 0 amide bonds. The summed E-state index contributed by atoms with van der Waals surface area (Å²) in [4.78, 5) is 24.9. The van der Waals surface area contributed by atoms with Crippen LogP contribution in [0.1, 0.15) is 89.9 Å². The van der Waals surface area contributed by atoms with Gasteiger partial charge < -0.3 is 18.4 Å². The lowest BCUT2D eigenvalue weighted by atomic mass is 9.52. The Bertz CT molecular complexity index is 780. The Morgan fingerprint density at radius 3 is 1.08 bits per heavy atom. The smallest absolute Gasteiger partial charge is 0.306 e. The predicted octanol–water partition coefficient (Wildman–Crippen LogP) is 4.94. The van der Waals surface area contributed by atoms with E-state index in [9.17, 15) is 9.59 Å². The molecular weight excluding hydrogens is 476 g/mol. The number of rotatable bonds is 11. The van der Waals surface area contributed by atoms with Crippen LogP contribution in [0, 0.1) is 35.5 Å². The van der Waals surface area contributed by atoms with Crippen molar-refractivity contribution in [1.29, 1.82) is 0 Å². The first kappa shape index (κ1) is 27.1. The predicted molar refractivity (Wildman–Crippen MR) is 147 cm³/mol. The Hall–Kier alpha value is -1.14. The summed E-state index contributed by atoms with van der Waals surface area (Å²) in [5.74, 6) is 4.99. The molecule has 0 aromatic carbocycles. The average molecular weight is 531 g/mol. The molecule has 8 fully saturated rings. The second-order valence-electron chi connectivity index (χ2n) is 16.0. The molecule has 0 spiro atoms. The molecule has 0 unspecified atom stereocenters. The molecule has 6 nitrogen and oxygen atoms in total. The minimum absolute atomic E-state index is 0.122. The summed E-state index contributed by atoms with van der Waals surface area (Å²) < 4.78 is 13.2. The summed E-state index contributed by atoms with van der Waals surface area (Å²) in [5.41, 5.74) is 0.765. The number of hydrogen-bond acceptors (Lipinski definition) is 4. The quantitative estimate of drug-likeness (QED) is 0.280. The summed E-state index contributed by atoms with van der Waals surface area (Å²) in [7, 11) is 9.40. The van der Waals surface area contributed by atoms with Crippen LogP contribution >= 0.6 is 0 Å². The van der Waals surface area contributed by atoms with E-state index in [-0.39, 0.29) is 24.8 Å². The van der Waals surface area contributed by atoms with E-state index in [2.05, 4.69) is 28.2 Å². The fraction of sp³-hybridized carbons (Fsp3) is 0.938. The van der Waals surface area contributed by atoms with Crippen molar-refractivity contribution in [2.45, 2.75) is 101 Å². The van der Waals surface area contributed by atoms with Crippen LogP contribution in [-0.4, -0.2) is 86.5 Å². The summed E-state index contributed by atoms with van der Waals surface area (Å²) in [6.45, 7) is 2.61. The van der Waals surface area contributed by atoms with Crippen molar-refractivity contribution in [2.75, 3.05) is 54.5 Å². The van der Waals surface area contributed by atoms with E-state index in [1.54, 1.807) is 0 Å². The van der Waals surface area contributed by atoms with Crippen LogP contribution in [-0.2, 0) is 19.1 Å². The molecule has 0 saturated heterocycles. The van der Waals surface area contributed by atoms with Crippen LogP contribution in [0.25, 0.3) is 0 Å². The van der Waals surface area contributed by atoms with E-state index < -0.39 is 0 Å². The summed E-state index contributed by atoms with van der Waals surface area (Å²) in [6, 6.07) is 0. The largest absolute Gasteiger partial charge is 0.460 e. The molecule has 38 heavy (non-hydrogen) atoms. The third-order valence-electron chi connectivity index (χ3n) is 12.9. The summed E-state index contributed by atoms with van der Waals surface area (Å²) >= 11 is 0. The molecule has 0 N–H and O–H groups in total. The fourth-order valence-electron chi connectivity index (χ4n) is 11.2. The molecule has 8 bridgehead atoms. The van der Waals surface area contributed by atoms with E-state index >= 15 is 0 Å². The van der Waals surface area contributed by atoms with Gasteiger partial charge in [-0.15, -0.1) is 0 Å². The highest BCUT2D eigenvalue weighted by molar-refractivity contribution is 5.77. The Morgan fingerprint density at radius 2 is 0.816 bits per heavy atom. The average Bonchev–Trinajstić information content (AvgIpc) is 2.81. The van der Waals surface area contributed by atoms with Gasteiger partial charge >= 0.3 is 11.9 Å². The van der Waals surface area contributed by atoms with Gasteiger partial charge in [-0.25, -0.2) is 0 Å². The number of hydrogen-bond donors (Lipinski definition) is 0. The van der Waals surface area contributed by atoms with Crippen molar-refractivity contribution in [3.8, 4) is 0 Å².